The summed E-state index contributed by atoms with van der Waals surface area (Å²) in [5.74, 6) is -0.297. The third-order valence-corrected chi connectivity index (χ3v) is 4.13. The number of hydrogen-bond donors (Lipinski definition) is 1. The molecule has 2 heterocycles. The number of carbonyl (C=O) groups excluding carboxylic acids is 1. The summed E-state index contributed by atoms with van der Waals surface area (Å²) in [5.41, 5.74) is 1.01. The van der Waals surface area contributed by atoms with Crippen LogP contribution in [0.5, 0.6) is 0 Å². The van der Waals surface area contributed by atoms with Crippen molar-refractivity contribution in [2.45, 2.75) is 19.5 Å². The number of amides is 1. The van der Waals surface area contributed by atoms with Gasteiger partial charge in [0.15, 0.2) is 5.65 Å². The van der Waals surface area contributed by atoms with Gasteiger partial charge in [-0.15, -0.1) is 0 Å². The van der Waals surface area contributed by atoms with E-state index in [1.807, 2.05) is 25.1 Å². The van der Waals surface area contributed by atoms with Crippen LogP contribution in [0.2, 0.25) is 5.02 Å². The highest BCUT2D eigenvalue weighted by atomic mass is 35.5. The first-order valence-electron chi connectivity index (χ1n) is 7.38. The number of carbonyl (C=O) groups is 1. The molecular weight excluding hydrogens is 330 g/mol. The summed E-state index contributed by atoms with van der Waals surface area (Å²) in [4.78, 5) is 28.8. The van der Waals surface area contributed by atoms with Crippen LogP contribution in [0, 0.1) is 0 Å². The molecule has 0 saturated carbocycles. The number of aromatic nitrogens is 4. The first kappa shape index (κ1) is 16.2. The molecule has 0 aliphatic carbocycles. The van der Waals surface area contributed by atoms with E-state index in [0.717, 1.165) is 5.56 Å². The van der Waals surface area contributed by atoms with Gasteiger partial charge in [0.2, 0.25) is 5.91 Å². The van der Waals surface area contributed by atoms with Crippen LogP contribution in [0.25, 0.3) is 11.0 Å². The lowest BCUT2D eigenvalue weighted by Gasteiger charge is -2.16. The number of nitrogens with zero attached hydrogens (tertiary/aromatic N) is 4. The Morgan fingerprint density at radius 3 is 2.88 bits per heavy atom. The van der Waals surface area contributed by atoms with E-state index in [0.29, 0.717) is 16.1 Å². The molecule has 2 aromatic heterocycles. The van der Waals surface area contributed by atoms with Crippen molar-refractivity contribution in [2.24, 2.45) is 7.05 Å². The monoisotopic (exact) mass is 345 g/mol. The minimum atomic E-state index is -0.298. The maximum Gasteiger partial charge on any atom is 0.264 e. The molecule has 0 saturated heterocycles. The number of hydrogen-bond acceptors (Lipinski definition) is 4. The predicted molar refractivity (Wildman–Crippen MR) is 90.8 cm³/mol. The molecular formula is C16H16ClN5O2. The lowest BCUT2D eigenvalue weighted by molar-refractivity contribution is -0.122. The molecule has 1 N–H and O–H groups in total. The molecule has 3 aromatic rings. The summed E-state index contributed by atoms with van der Waals surface area (Å²) in [5, 5.41) is 7.80. The van der Waals surface area contributed by atoms with Gasteiger partial charge in [-0.1, -0.05) is 29.8 Å². The zero-order valence-corrected chi connectivity index (χ0v) is 14.0. The maximum absolute atomic E-state index is 12.4. The molecule has 0 aliphatic rings. The van der Waals surface area contributed by atoms with Crippen LogP contribution in [0.3, 0.4) is 0 Å². The van der Waals surface area contributed by atoms with Crippen molar-refractivity contribution in [3.05, 3.63) is 57.7 Å². The average Bonchev–Trinajstić information content (AvgIpc) is 2.92. The second-order valence-electron chi connectivity index (χ2n) is 5.49. The van der Waals surface area contributed by atoms with Crippen molar-refractivity contribution in [2.75, 3.05) is 0 Å². The number of nitrogens with one attached hydrogen (secondary N) is 1. The molecule has 1 atom stereocenters. The third kappa shape index (κ3) is 3.03. The zero-order chi connectivity index (χ0) is 17.3. The zero-order valence-electron chi connectivity index (χ0n) is 13.2. The minimum Gasteiger partial charge on any atom is -0.348 e. The summed E-state index contributed by atoms with van der Waals surface area (Å²) < 4.78 is 2.78. The standard InChI is InChI=1S/C16H16ClN5O2/c1-10(11-5-3-4-6-13(11)17)20-14(23)8-22-9-18-15-12(16(22)24)7-19-21(15)2/h3-7,9-10H,8H2,1-2H3,(H,20,23). The van der Waals surface area contributed by atoms with E-state index < -0.39 is 0 Å². The fourth-order valence-electron chi connectivity index (χ4n) is 2.53. The van der Waals surface area contributed by atoms with Crippen molar-refractivity contribution in [1.29, 1.82) is 0 Å². The van der Waals surface area contributed by atoms with Crippen molar-refractivity contribution >= 4 is 28.5 Å². The van der Waals surface area contributed by atoms with Crippen molar-refractivity contribution in [3.63, 3.8) is 0 Å². The summed E-state index contributed by atoms with van der Waals surface area (Å²) in [7, 11) is 1.71. The highest BCUT2D eigenvalue weighted by molar-refractivity contribution is 6.31. The van der Waals surface area contributed by atoms with Gasteiger partial charge in [0.25, 0.3) is 5.56 Å². The van der Waals surface area contributed by atoms with E-state index in [2.05, 4.69) is 15.4 Å². The predicted octanol–water partition coefficient (Wildman–Crippen LogP) is 1.66. The van der Waals surface area contributed by atoms with Gasteiger partial charge in [0, 0.05) is 12.1 Å². The Hall–Kier alpha value is -2.67. The van der Waals surface area contributed by atoms with Crippen molar-refractivity contribution < 1.29 is 4.79 Å². The quantitative estimate of drug-likeness (QED) is 0.779. The first-order chi connectivity index (χ1) is 11.5. The number of halogens is 1. The average molecular weight is 346 g/mol. The first-order valence-corrected chi connectivity index (χ1v) is 7.76. The Morgan fingerprint density at radius 2 is 2.12 bits per heavy atom. The number of fused-ring (bicyclic) bond motifs is 1. The lowest BCUT2D eigenvalue weighted by atomic mass is 10.1. The van der Waals surface area contributed by atoms with Gasteiger partial charge in [0.05, 0.1) is 12.2 Å². The fourth-order valence-corrected chi connectivity index (χ4v) is 2.82. The van der Waals surface area contributed by atoms with E-state index in [9.17, 15) is 9.59 Å². The van der Waals surface area contributed by atoms with Gasteiger partial charge in [-0.2, -0.15) is 5.10 Å². The van der Waals surface area contributed by atoms with Crippen LogP contribution in [-0.4, -0.2) is 25.2 Å². The minimum absolute atomic E-state index is 0.120. The van der Waals surface area contributed by atoms with Crippen molar-refractivity contribution in [1.82, 2.24) is 24.6 Å². The molecule has 0 spiro atoms. The molecule has 0 aliphatic heterocycles. The summed E-state index contributed by atoms with van der Waals surface area (Å²) >= 11 is 6.13. The summed E-state index contributed by atoms with van der Waals surface area (Å²) in [6.07, 6.45) is 2.80. The number of rotatable bonds is 4. The van der Waals surface area contributed by atoms with Crippen molar-refractivity contribution in [3.8, 4) is 0 Å². The molecule has 0 bridgehead atoms. The second-order valence-corrected chi connectivity index (χ2v) is 5.90. The second kappa shape index (κ2) is 6.45. The highest BCUT2D eigenvalue weighted by Gasteiger charge is 2.14. The topological polar surface area (TPSA) is 81.8 Å². The van der Waals surface area contributed by atoms with Crippen LogP contribution < -0.4 is 10.9 Å². The van der Waals surface area contributed by atoms with Crippen LogP contribution in [0.1, 0.15) is 18.5 Å². The van der Waals surface area contributed by atoms with Crippen LogP contribution >= 0.6 is 11.6 Å². The molecule has 0 radical (unpaired) electrons. The van der Waals surface area contributed by atoms with E-state index in [1.54, 1.807) is 13.1 Å². The van der Waals surface area contributed by atoms with E-state index in [1.165, 1.54) is 21.8 Å². The number of benzene rings is 1. The van der Waals surface area contributed by atoms with Crippen LogP contribution in [0.4, 0.5) is 0 Å². The maximum atomic E-state index is 12.4. The molecule has 1 unspecified atom stereocenters. The lowest BCUT2D eigenvalue weighted by Crippen LogP contribution is -2.34. The molecule has 8 heteroatoms. The Balaban J connectivity index is 1.77. The Labute approximate surface area is 142 Å². The highest BCUT2D eigenvalue weighted by Crippen LogP contribution is 2.21. The molecule has 1 amide bonds. The Morgan fingerprint density at radius 1 is 1.38 bits per heavy atom. The van der Waals surface area contributed by atoms with E-state index >= 15 is 0 Å². The molecule has 124 valence electrons. The molecule has 0 fully saturated rings. The fraction of sp³-hybridized carbons (Fsp3) is 0.250. The van der Waals surface area contributed by atoms with E-state index in [-0.39, 0.29) is 24.1 Å². The molecule has 7 nitrogen and oxygen atoms in total. The normalized spacial score (nSPS) is 12.3. The molecule has 1 aromatic carbocycles. The largest absolute Gasteiger partial charge is 0.348 e. The molecule has 24 heavy (non-hydrogen) atoms. The van der Waals surface area contributed by atoms with E-state index in [4.69, 9.17) is 11.6 Å². The van der Waals surface area contributed by atoms with Crippen LogP contribution in [0.15, 0.2) is 41.6 Å². The number of aryl methyl sites for hydroxylation is 1. The van der Waals surface area contributed by atoms with Gasteiger partial charge in [-0.25, -0.2) is 4.98 Å². The smallest absolute Gasteiger partial charge is 0.264 e. The SMILES string of the molecule is CC(NC(=O)Cn1cnc2c(cnn2C)c1=O)c1ccccc1Cl. The van der Waals surface area contributed by atoms with Gasteiger partial charge in [-0.05, 0) is 18.6 Å². The summed E-state index contributed by atoms with van der Waals surface area (Å²) in [6, 6.07) is 7.04. The Kier molecular flexibility index (Phi) is 4.35. The summed E-state index contributed by atoms with van der Waals surface area (Å²) in [6.45, 7) is 1.72. The van der Waals surface area contributed by atoms with Gasteiger partial charge in [0.1, 0.15) is 18.3 Å². The van der Waals surface area contributed by atoms with Crippen LogP contribution in [-0.2, 0) is 18.4 Å². The van der Waals surface area contributed by atoms with Gasteiger partial charge < -0.3 is 5.32 Å². The Bertz CT molecular complexity index is 963. The third-order valence-electron chi connectivity index (χ3n) is 3.78. The van der Waals surface area contributed by atoms with Gasteiger partial charge >= 0.3 is 0 Å². The molecule has 3 rings (SSSR count). The van der Waals surface area contributed by atoms with Gasteiger partial charge in [-0.3, -0.25) is 18.8 Å².